The lowest BCUT2D eigenvalue weighted by atomic mass is 9.92. The van der Waals surface area contributed by atoms with E-state index in [0.29, 0.717) is 0 Å². The second-order valence-corrected chi connectivity index (χ2v) is 4.02. The van der Waals surface area contributed by atoms with Crippen LogP contribution < -0.4 is 5.73 Å². The fourth-order valence-electron chi connectivity index (χ4n) is 1.94. The van der Waals surface area contributed by atoms with Gasteiger partial charge >= 0.3 is 0 Å². The Morgan fingerprint density at radius 1 is 1.71 bits per heavy atom. The predicted octanol–water partition coefficient (Wildman–Crippen LogP) is 0.384. The maximum Gasteiger partial charge on any atom is 0.0862 e. The van der Waals surface area contributed by atoms with Crippen molar-refractivity contribution < 1.29 is 4.74 Å². The fourth-order valence-corrected chi connectivity index (χ4v) is 1.94. The lowest BCUT2D eigenvalue weighted by Gasteiger charge is -2.29. The average molecular weight is 196 g/mol. The van der Waals surface area contributed by atoms with E-state index in [9.17, 15) is 0 Å². The molecule has 1 aromatic rings. The third kappa shape index (κ3) is 1.42. The largest absolute Gasteiger partial charge is 0.373 e. The van der Waals surface area contributed by atoms with Gasteiger partial charge in [0.2, 0.25) is 0 Å². The van der Waals surface area contributed by atoms with Gasteiger partial charge < -0.3 is 10.5 Å². The molecule has 5 heteroatoms. The lowest BCUT2D eigenvalue weighted by Crippen LogP contribution is -2.38. The van der Waals surface area contributed by atoms with Crippen molar-refractivity contribution >= 4 is 0 Å². The predicted molar refractivity (Wildman–Crippen MR) is 51.5 cm³/mol. The third-order valence-corrected chi connectivity index (χ3v) is 2.98. The molecule has 0 amide bonds. The molecule has 1 fully saturated rings. The molecule has 1 aliphatic rings. The summed E-state index contributed by atoms with van der Waals surface area (Å²) in [6, 6.07) is -0.148. The zero-order chi connectivity index (χ0) is 10.2. The van der Waals surface area contributed by atoms with Crippen LogP contribution >= 0.6 is 0 Å². The molecule has 2 heterocycles. The molecule has 0 saturated carbocycles. The molecule has 2 N–H and O–H groups in total. The monoisotopic (exact) mass is 196 g/mol. The van der Waals surface area contributed by atoms with Crippen molar-refractivity contribution in [2.24, 2.45) is 12.8 Å². The molecule has 2 atom stereocenters. The van der Waals surface area contributed by atoms with E-state index >= 15 is 0 Å². The van der Waals surface area contributed by atoms with Gasteiger partial charge in [-0.15, -0.1) is 5.10 Å². The van der Waals surface area contributed by atoms with Crippen molar-refractivity contribution in [3.05, 3.63) is 11.9 Å². The highest BCUT2D eigenvalue weighted by Gasteiger charge is 2.38. The second kappa shape index (κ2) is 3.33. The summed E-state index contributed by atoms with van der Waals surface area (Å²) in [5, 5.41) is 7.69. The van der Waals surface area contributed by atoms with E-state index in [1.165, 1.54) is 0 Å². The van der Waals surface area contributed by atoms with Crippen LogP contribution in [0, 0.1) is 0 Å². The van der Waals surface area contributed by atoms with Gasteiger partial charge in [-0.1, -0.05) is 5.21 Å². The van der Waals surface area contributed by atoms with Crippen LogP contribution in [0.3, 0.4) is 0 Å². The molecular weight excluding hydrogens is 180 g/mol. The number of nitrogens with two attached hydrogens (primary N) is 1. The molecule has 0 aromatic carbocycles. The summed E-state index contributed by atoms with van der Waals surface area (Å²) in [5.41, 5.74) is 6.82. The van der Waals surface area contributed by atoms with Crippen LogP contribution in [0.4, 0.5) is 0 Å². The average Bonchev–Trinajstić information content (AvgIpc) is 2.74. The fraction of sp³-hybridized carbons (Fsp3) is 0.778. The first-order valence-corrected chi connectivity index (χ1v) is 4.87. The van der Waals surface area contributed by atoms with Gasteiger partial charge in [0.25, 0.3) is 0 Å². The second-order valence-electron chi connectivity index (χ2n) is 4.02. The number of hydrogen-bond donors (Lipinski definition) is 1. The van der Waals surface area contributed by atoms with Gasteiger partial charge in [-0.2, -0.15) is 0 Å². The van der Waals surface area contributed by atoms with Gasteiger partial charge in [0.05, 0.1) is 23.5 Å². The Morgan fingerprint density at radius 3 is 3.00 bits per heavy atom. The molecule has 0 bridgehead atoms. The number of hydrogen-bond acceptors (Lipinski definition) is 4. The molecule has 0 aliphatic carbocycles. The van der Waals surface area contributed by atoms with Crippen molar-refractivity contribution in [2.45, 2.75) is 31.4 Å². The molecular formula is C9H16N4O. The van der Waals surface area contributed by atoms with E-state index in [1.54, 1.807) is 10.9 Å². The summed E-state index contributed by atoms with van der Waals surface area (Å²) < 4.78 is 7.39. The number of aromatic nitrogens is 3. The van der Waals surface area contributed by atoms with E-state index in [4.69, 9.17) is 10.5 Å². The van der Waals surface area contributed by atoms with Crippen LogP contribution in [0.5, 0.6) is 0 Å². The van der Waals surface area contributed by atoms with Crippen molar-refractivity contribution in [3.63, 3.8) is 0 Å². The number of ether oxygens (including phenoxy) is 1. The molecule has 14 heavy (non-hydrogen) atoms. The molecule has 1 aliphatic heterocycles. The molecule has 2 unspecified atom stereocenters. The summed E-state index contributed by atoms with van der Waals surface area (Å²) in [5.74, 6) is 0. The molecule has 0 radical (unpaired) electrons. The molecule has 1 saturated heterocycles. The van der Waals surface area contributed by atoms with Gasteiger partial charge in [0, 0.05) is 13.7 Å². The van der Waals surface area contributed by atoms with E-state index < -0.39 is 0 Å². The molecule has 0 spiro atoms. The topological polar surface area (TPSA) is 66.0 Å². The first-order chi connectivity index (χ1) is 6.63. The Balaban J connectivity index is 2.23. The van der Waals surface area contributed by atoms with Crippen molar-refractivity contribution in [1.82, 2.24) is 15.0 Å². The number of aryl methyl sites for hydroxylation is 1. The minimum absolute atomic E-state index is 0.148. The van der Waals surface area contributed by atoms with Crippen molar-refractivity contribution in [3.8, 4) is 0 Å². The SMILES string of the molecule is Cn1nncc1C(N)C1(C)CCCO1. The van der Waals surface area contributed by atoms with E-state index in [-0.39, 0.29) is 11.6 Å². The highest BCUT2D eigenvalue weighted by molar-refractivity contribution is 5.08. The smallest absolute Gasteiger partial charge is 0.0862 e. The Hall–Kier alpha value is -0.940. The molecule has 78 valence electrons. The lowest BCUT2D eigenvalue weighted by molar-refractivity contribution is -0.00365. The van der Waals surface area contributed by atoms with Crippen molar-refractivity contribution in [1.29, 1.82) is 0 Å². The van der Waals surface area contributed by atoms with Gasteiger partial charge in [-0.25, -0.2) is 0 Å². The first kappa shape index (κ1) is 9.61. The van der Waals surface area contributed by atoms with Crippen LogP contribution in [-0.2, 0) is 11.8 Å². The van der Waals surface area contributed by atoms with Gasteiger partial charge in [-0.3, -0.25) is 4.68 Å². The Morgan fingerprint density at radius 2 is 2.50 bits per heavy atom. The zero-order valence-corrected chi connectivity index (χ0v) is 8.60. The molecule has 5 nitrogen and oxygen atoms in total. The zero-order valence-electron chi connectivity index (χ0n) is 8.60. The highest BCUT2D eigenvalue weighted by Crippen LogP contribution is 2.35. The Labute approximate surface area is 83.2 Å². The van der Waals surface area contributed by atoms with E-state index in [1.807, 2.05) is 7.05 Å². The standard InChI is InChI=1S/C9H16N4O/c1-9(4-3-5-14-9)8(10)7-6-11-12-13(7)2/h6,8H,3-5,10H2,1-2H3. The van der Waals surface area contributed by atoms with Crippen LogP contribution in [-0.4, -0.2) is 27.2 Å². The summed E-state index contributed by atoms with van der Waals surface area (Å²) in [6.45, 7) is 2.85. The molecule has 1 aromatic heterocycles. The third-order valence-electron chi connectivity index (χ3n) is 2.98. The quantitative estimate of drug-likeness (QED) is 0.742. The van der Waals surface area contributed by atoms with Crippen LogP contribution in [0.15, 0.2) is 6.20 Å². The van der Waals surface area contributed by atoms with Gasteiger partial charge in [0.1, 0.15) is 0 Å². The van der Waals surface area contributed by atoms with Gasteiger partial charge in [-0.05, 0) is 19.8 Å². The summed E-state index contributed by atoms with van der Waals surface area (Å²) in [4.78, 5) is 0. The summed E-state index contributed by atoms with van der Waals surface area (Å²) in [7, 11) is 1.85. The van der Waals surface area contributed by atoms with Crippen LogP contribution in [0.2, 0.25) is 0 Å². The maximum atomic E-state index is 6.15. The first-order valence-electron chi connectivity index (χ1n) is 4.87. The van der Waals surface area contributed by atoms with Crippen LogP contribution in [0.25, 0.3) is 0 Å². The van der Waals surface area contributed by atoms with Gasteiger partial charge in [0.15, 0.2) is 0 Å². The Bertz CT molecular complexity index is 316. The highest BCUT2D eigenvalue weighted by atomic mass is 16.5. The number of rotatable bonds is 2. The number of nitrogens with zero attached hydrogens (tertiary/aromatic N) is 3. The van der Waals surface area contributed by atoms with Crippen LogP contribution in [0.1, 0.15) is 31.5 Å². The minimum atomic E-state index is -0.254. The molecule has 2 rings (SSSR count). The van der Waals surface area contributed by atoms with Crippen molar-refractivity contribution in [2.75, 3.05) is 6.61 Å². The maximum absolute atomic E-state index is 6.15. The van der Waals surface area contributed by atoms with E-state index in [2.05, 4.69) is 17.2 Å². The minimum Gasteiger partial charge on any atom is -0.373 e. The Kier molecular flexibility index (Phi) is 2.28. The van der Waals surface area contributed by atoms with E-state index in [0.717, 1.165) is 25.1 Å². The summed E-state index contributed by atoms with van der Waals surface area (Å²) >= 11 is 0. The normalized spacial score (nSPS) is 29.4. The summed E-state index contributed by atoms with van der Waals surface area (Å²) in [6.07, 6.45) is 3.78.